The van der Waals surface area contributed by atoms with Crippen molar-refractivity contribution in [2.24, 2.45) is 10.7 Å². The number of ether oxygens (including phenoxy) is 1. The van der Waals surface area contributed by atoms with Gasteiger partial charge in [-0.25, -0.2) is 19.4 Å². The molecular formula is C23H24FN5O3. The molecule has 1 amide bonds. The smallest absolute Gasteiger partial charge is 0.232 e. The summed E-state index contributed by atoms with van der Waals surface area (Å²) in [6.07, 6.45) is 3.25. The lowest BCUT2D eigenvalue weighted by molar-refractivity contribution is -0.128. The highest BCUT2D eigenvalue weighted by Gasteiger charge is 2.38. The van der Waals surface area contributed by atoms with Crippen molar-refractivity contribution in [2.75, 3.05) is 13.7 Å². The predicted octanol–water partition coefficient (Wildman–Crippen LogP) is 2.23. The molecule has 3 rings (SSSR count). The van der Waals surface area contributed by atoms with Gasteiger partial charge in [-0.05, 0) is 31.5 Å². The molecule has 2 aromatic rings. The second-order valence-corrected chi connectivity index (χ2v) is 7.55. The average Bonchev–Trinajstić information content (AvgIpc) is 2.76. The Morgan fingerprint density at radius 3 is 2.78 bits per heavy atom. The summed E-state index contributed by atoms with van der Waals surface area (Å²) in [5.41, 5.74) is 5.61. The number of guanidine groups is 1. The van der Waals surface area contributed by atoms with E-state index in [0.717, 1.165) is 0 Å². The van der Waals surface area contributed by atoms with Crippen molar-refractivity contribution in [1.82, 2.24) is 14.9 Å². The van der Waals surface area contributed by atoms with E-state index in [0.29, 0.717) is 24.5 Å². The molecule has 1 aromatic heterocycles. The summed E-state index contributed by atoms with van der Waals surface area (Å²) in [7, 11) is 1.52. The number of Topliss-reactive ketones (excluding diaryl/α,β-unsaturated/α-hetero) is 1. The van der Waals surface area contributed by atoms with Gasteiger partial charge in [-0.1, -0.05) is 6.07 Å². The van der Waals surface area contributed by atoms with E-state index in [9.17, 15) is 14.0 Å². The van der Waals surface area contributed by atoms with Gasteiger partial charge in [0, 0.05) is 25.5 Å². The fourth-order valence-corrected chi connectivity index (χ4v) is 3.30. The Morgan fingerprint density at radius 2 is 2.12 bits per heavy atom. The zero-order chi connectivity index (χ0) is 23.3. The van der Waals surface area contributed by atoms with Crippen molar-refractivity contribution in [3.63, 3.8) is 0 Å². The Bertz CT molecular complexity index is 1120. The van der Waals surface area contributed by atoms with E-state index in [1.54, 1.807) is 19.9 Å². The molecule has 1 aliphatic heterocycles. The standard InChI is InChI=1S/C23H24FN5O3/c1-4-5-6-9-32-20-14-26-18(13-27-20)19(30)11-15-7-8-17(24)16(10-15)23(2)12-21(31)29(3)22(25)28-23/h7-8,10,13-14H,6,9,11-12H2,1-3H3,(H2,25,28). The lowest BCUT2D eigenvalue weighted by atomic mass is 9.85. The van der Waals surface area contributed by atoms with Gasteiger partial charge in [-0.15, -0.1) is 11.8 Å². The van der Waals surface area contributed by atoms with Crippen LogP contribution in [0.5, 0.6) is 5.88 Å². The van der Waals surface area contributed by atoms with Gasteiger partial charge < -0.3 is 10.5 Å². The number of aromatic nitrogens is 2. The summed E-state index contributed by atoms with van der Waals surface area (Å²) in [4.78, 5) is 38.7. The molecule has 1 atom stereocenters. The zero-order valence-electron chi connectivity index (χ0n) is 18.2. The molecule has 8 nitrogen and oxygen atoms in total. The lowest BCUT2D eigenvalue weighted by Crippen LogP contribution is -2.47. The number of carbonyl (C=O) groups excluding carboxylic acids is 2. The second kappa shape index (κ2) is 9.56. The first kappa shape index (κ1) is 22.9. The van der Waals surface area contributed by atoms with E-state index in [1.165, 1.54) is 36.5 Å². The molecular weight excluding hydrogens is 413 g/mol. The van der Waals surface area contributed by atoms with Crippen molar-refractivity contribution in [3.05, 3.63) is 53.2 Å². The minimum atomic E-state index is -1.15. The van der Waals surface area contributed by atoms with Crippen LogP contribution in [0, 0.1) is 17.7 Å². The number of halogens is 1. The van der Waals surface area contributed by atoms with Gasteiger partial charge in [-0.2, -0.15) is 0 Å². The molecule has 1 aliphatic rings. The van der Waals surface area contributed by atoms with Crippen LogP contribution in [0.1, 0.15) is 48.3 Å². The molecule has 2 heterocycles. The molecule has 9 heteroatoms. The summed E-state index contributed by atoms with van der Waals surface area (Å²) < 4.78 is 20.1. The Morgan fingerprint density at radius 1 is 1.34 bits per heavy atom. The molecule has 0 aliphatic carbocycles. The van der Waals surface area contributed by atoms with Crippen molar-refractivity contribution in [3.8, 4) is 17.7 Å². The van der Waals surface area contributed by atoms with Gasteiger partial charge in [0.15, 0.2) is 11.7 Å². The monoisotopic (exact) mass is 437 g/mol. The molecule has 32 heavy (non-hydrogen) atoms. The molecule has 1 aromatic carbocycles. The SMILES string of the molecule is CC#CCCOc1cnc(C(=O)Cc2ccc(F)c(C3(C)CC(=O)N(C)C(N)=N3)c2)cn1. The highest BCUT2D eigenvalue weighted by Crippen LogP contribution is 2.35. The van der Waals surface area contributed by atoms with Gasteiger partial charge in [0.05, 0.1) is 24.4 Å². The Hall–Kier alpha value is -3.80. The molecule has 2 N–H and O–H groups in total. The summed E-state index contributed by atoms with van der Waals surface area (Å²) in [5, 5.41) is 0. The van der Waals surface area contributed by atoms with Crippen LogP contribution in [0.4, 0.5) is 4.39 Å². The number of rotatable bonds is 7. The first-order chi connectivity index (χ1) is 15.2. The minimum absolute atomic E-state index is 0.0165. The third-order valence-corrected chi connectivity index (χ3v) is 5.12. The third kappa shape index (κ3) is 5.09. The summed E-state index contributed by atoms with van der Waals surface area (Å²) in [5.74, 6) is 4.90. The van der Waals surface area contributed by atoms with Crippen LogP contribution in [-0.4, -0.2) is 46.2 Å². The molecule has 166 valence electrons. The van der Waals surface area contributed by atoms with Gasteiger partial charge in [-0.3, -0.25) is 14.5 Å². The fraction of sp³-hybridized carbons (Fsp3) is 0.348. The number of carbonyl (C=O) groups is 2. The van der Waals surface area contributed by atoms with Gasteiger partial charge >= 0.3 is 0 Å². The number of benzene rings is 1. The maximum atomic E-state index is 14.6. The summed E-state index contributed by atoms with van der Waals surface area (Å²) in [6.45, 7) is 3.77. The van der Waals surface area contributed by atoms with Gasteiger partial charge in [0.2, 0.25) is 11.8 Å². The number of hydrogen-bond donors (Lipinski definition) is 1. The number of nitrogens with zero attached hydrogens (tertiary/aromatic N) is 4. The van der Waals surface area contributed by atoms with Crippen molar-refractivity contribution < 1.29 is 18.7 Å². The van der Waals surface area contributed by atoms with E-state index in [2.05, 4.69) is 26.8 Å². The second-order valence-electron chi connectivity index (χ2n) is 7.55. The average molecular weight is 437 g/mol. The quantitative estimate of drug-likeness (QED) is 0.404. The zero-order valence-corrected chi connectivity index (χ0v) is 18.2. The van der Waals surface area contributed by atoms with Crippen LogP contribution in [0.15, 0.2) is 35.6 Å². The predicted molar refractivity (Wildman–Crippen MR) is 116 cm³/mol. The van der Waals surface area contributed by atoms with Crippen LogP contribution in [-0.2, 0) is 16.8 Å². The molecule has 0 radical (unpaired) electrons. The van der Waals surface area contributed by atoms with E-state index in [-0.39, 0.29) is 41.7 Å². The van der Waals surface area contributed by atoms with Crippen LogP contribution < -0.4 is 10.5 Å². The number of amides is 1. The Balaban J connectivity index is 1.75. The molecule has 0 bridgehead atoms. The number of ketones is 1. The molecule has 0 spiro atoms. The normalized spacial score (nSPS) is 17.9. The number of nitrogens with two attached hydrogens (primary N) is 1. The summed E-state index contributed by atoms with van der Waals surface area (Å²) in [6, 6.07) is 4.32. The highest BCUT2D eigenvalue weighted by atomic mass is 19.1. The van der Waals surface area contributed by atoms with Crippen molar-refractivity contribution in [2.45, 2.75) is 38.6 Å². The number of aliphatic imine (C=N–C) groups is 1. The molecule has 1 unspecified atom stereocenters. The van der Waals surface area contributed by atoms with Gasteiger partial charge in [0.1, 0.15) is 18.1 Å². The van der Waals surface area contributed by atoms with E-state index < -0.39 is 11.4 Å². The first-order valence-electron chi connectivity index (χ1n) is 10.0. The highest BCUT2D eigenvalue weighted by molar-refractivity contribution is 5.99. The van der Waals surface area contributed by atoms with Crippen molar-refractivity contribution in [1.29, 1.82) is 0 Å². The Labute approximate surface area is 185 Å². The molecule has 0 saturated heterocycles. The maximum Gasteiger partial charge on any atom is 0.232 e. The molecule has 0 fully saturated rings. The van der Waals surface area contributed by atoms with Crippen LogP contribution in [0.2, 0.25) is 0 Å². The lowest BCUT2D eigenvalue weighted by Gasteiger charge is -2.34. The third-order valence-electron chi connectivity index (χ3n) is 5.12. The maximum absolute atomic E-state index is 14.6. The van der Waals surface area contributed by atoms with E-state index >= 15 is 0 Å². The molecule has 0 saturated carbocycles. The van der Waals surface area contributed by atoms with Crippen LogP contribution in [0.3, 0.4) is 0 Å². The minimum Gasteiger partial charge on any atom is -0.476 e. The largest absolute Gasteiger partial charge is 0.476 e. The van der Waals surface area contributed by atoms with E-state index in [4.69, 9.17) is 10.5 Å². The van der Waals surface area contributed by atoms with E-state index in [1.807, 2.05) is 0 Å². The van der Waals surface area contributed by atoms with Gasteiger partial charge in [0.25, 0.3) is 0 Å². The van der Waals surface area contributed by atoms with Crippen molar-refractivity contribution >= 4 is 17.6 Å². The summed E-state index contributed by atoms with van der Waals surface area (Å²) >= 11 is 0. The van der Waals surface area contributed by atoms with Crippen LogP contribution >= 0.6 is 0 Å². The first-order valence-corrected chi connectivity index (χ1v) is 10.0. The number of hydrogen-bond acceptors (Lipinski definition) is 7. The van der Waals surface area contributed by atoms with Crippen LogP contribution in [0.25, 0.3) is 0 Å². The fourth-order valence-electron chi connectivity index (χ4n) is 3.30. The topological polar surface area (TPSA) is 111 Å². The Kier molecular flexibility index (Phi) is 6.83.